The summed E-state index contributed by atoms with van der Waals surface area (Å²) >= 11 is 6.02. The second kappa shape index (κ2) is 6.19. The molecule has 0 aliphatic heterocycles. The van der Waals surface area contributed by atoms with Crippen molar-refractivity contribution in [1.82, 2.24) is 9.88 Å². The highest BCUT2D eigenvalue weighted by molar-refractivity contribution is 6.33. The molecule has 1 fully saturated rings. The SMILES string of the molecule is CN(C(=O)c1ccncc1Cl)C1CCCCCC1. The molecule has 1 aromatic rings. The van der Waals surface area contributed by atoms with E-state index in [4.69, 9.17) is 11.6 Å². The van der Waals surface area contributed by atoms with Gasteiger partial charge in [-0.2, -0.15) is 0 Å². The minimum absolute atomic E-state index is 0.00861. The number of aromatic nitrogens is 1. The molecule has 0 unspecified atom stereocenters. The van der Waals surface area contributed by atoms with Crippen LogP contribution in [0.25, 0.3) is 0 Å². The first-order valence-electron chi connectivity index (χ1n) is 6.57. The van der Waals surface area contributed by atoms with Gasteiger partial charge < -0.3 is 4.90 Å². The van der Waals surface area contributed by atoms with Gasteiger partial charge in [0, 0.05) is 25.5 Å². The summed E-state index contributed by atoms with van der Waals surface area (Å²) in [6.45, 7) is 0. The number of carbonyl (C=O) groups excluding carboxylic acids is 1. The summed E-state index contributed by atoms with van der Waals surface area (Å²) in [6.07, 6.45) is 10.3. The van der Waals surface area contributed by atoms with Gasteiger partial charge in [-0.05, 0) is 18.9 Å². The van der Waals surface area contributed by atoms with Gasteiger partial charge >= 0.3 is 0 Å². The zero-order chi connectivity index (χ0) is 13.0. The average molecular weight is 267 g/mol. The molecule has 0 atom stereocenters. The first-order chi connectivity index (χ1) is 8.70. The third-order valence-corrected chi connectivity index (χ3v) is 4.00. The van der Waals surface area contributed by atoms with Gasteiger partial charge in [0.2, 0.25) is 0 Å². The standard InChI is InChI=1S/C14H19ClN2O/c1-17(11-6-4-2-3-5-7-11)14(18)12-8-9-16-10-13(12)15/h8-11H,2-7H2,1H3. The Balaban J connectivity index is 2.10. The predicted molar refractivity (Wildman–Crippen MR) is 72.8 cm³/mol. The fraction of sp³-hybridized carbons (Fsp3) is 0.571. The highest BCUT2D eigenvalue weighted by Crippen LogP contribution is 2.23. The quantitative estimate of drug-likeness (QED) is 0.768. The van der Waals surface area contributed by atoms with Gasteiger partial charge in [0.1, 0.15) is 0 Å². The molecule has 1 aliphatic carbocycles. The predicted octanol–water partition coefficient (Wildman–Crippen LogP) is 3.53. The Morgan fingerprint density at radius 2 is 2.00 bits per heavy atom. The van der Waals surface area contributed by atoms with Crippen LogP contribution in [0.4, 0.5) is 0 Å². The molecule has 1 aromatic heterocycles. The molecule has 4 heteroatoms. The van der Waals surface area contributed by atoms with E-state index >= 15 is 0 Å². The fourth-order valence-corrected chi connectivity index (χ4v) is 2.75. The monoisotopic (exact) mass is 266 g/mol. The van der Waals surface area contributed by atoms with E-state index in [2.05, 4.69) is 4.98 Å². The molecular weight excluding hydrogens is 248 g/mol. The van der Waals surface area contributed by atoms with Gasteiger partial charge in [0.15, 0.2) is 0 Å². The lowest BCUT2D eigenvalue weighted by atomic mass is 10.1. The number of halogens is 1. The van der Waals surface area contributed by atoms with E-state index in [-0.39, 0.29) is 5.91 Å². The molecule has 0 N–H and O–H groups in total. The van der Waals surface area contributed by atoms with E-state index in [1.54, 1.807) is 12.3 Å². The molecule has 0 aromatic carbocycles. The van der Waals surface area contributed by atoms with Crippen molar-refractivity contribution in [3.63, 3.8) is 0 Å². The summed E-state index contributed by atoms with van der Waals surface area (Å²) in [4.78, 5) is 18.2. The molecule has 1 amide bonds. The van der Waals surface area contributed by atoms with Gasteiger partial charge in [-0.1, -0.05) is 37.3 Å². The highest BCUT2D eigenvalue weighted by Gasteiger charge is 2.23. The van der Waals surface area contributed by atoms with E-state index < -0.39 is 0 Å². The third-order valence-electron chi connectivity index (χ3n) is 3.70. The molecule has 0 saturated heterocycles. The minimum Gasteiger partial charge on any atom is -0.339 e. The second-order valence-corrected chi connectivity index (χ2v) is 5.32. The van der Waals surface area contributed by atoms with E-state index in [9.17, 15) is 4.79 Å². The molecule has 1 aliphatic rings. The van der Waals surface area contributed by atoms with Crippen molar-refractivity contribution in [3.05, 3.63) is 29.0 Å². The Labute approximate surface area is 113 Å². The van der Waals surface area contributed by atoms with Crippen LogP contribution in [0.3, 0.4) is 0 Å². The van der Waals surface area contributed by atoms with Crippen molar-refractivity contribution in [1.29, 1.82) is 0 Å². The van der Waals surface area contributed by atoms with Gasteiger partial charge in [-0.3, -0.25) is 9.78 Å². The van der Waals surface area contributed by atoms with Crippen LogP contribution in [0.5, 0.6) is 0 Å². The van der Waals surface area contributed by atoms with Crippen LogP contribution in [0, 0.1) is 0 Å². The Bertz CT molecular complexity index is 414. The maximum atomic E-state index is 12.4. The lowest BCUT2D eigenvalue weighted by Crippen LogP contribution is -2.36. The van der Waals surface area contributed by atoms with Crippen LogP contribution in [0.15, 0.2) is 18.5 Å². The largest absolute Gasteiger partial charge is 0.339 e. The molecule has 18 heavy (non-hydrogen) atoms. The number of pyridine rings is 1. The van der Waals surface area contributed by atoms with E-state index in [1.165, 1.54) is 31.9 Å². The smallest absolute Gasteiger partial charge is 0.255 e. The maximum Gasteiger partial charge on any atom is 0.255 e. The second-order valence-electron chi connectivity index (χ2n) is 4.92. The van der Waals surface area contributed by atoms with Crippen molar-refractivity contribution in [2.45, 2.75) is 44.6 Å². The highest BCUT2D eigenvalue weighted by atomic mass is 35.5. The van der Waals surface area contributed by atoms with E-state index in [0.717, 1.165) is 12.8 Å². The van der Waals surface area contributed by atoms with Crippen LogP contribution < -0.4 is 0 Å². The first-order valence-corrected chi connectivity index (χ1v) is 6.94. The van der Waals surface area contributed by atoms with Crippen molar-refractivity contribution < 1.29 is 4.79 Å². The van der Waals surface area contributed by atoms with Crippen molar-refractivity contribution in [3.8, 4) is 0 Å². The minimum atomic E-state index is 0.00861. The molecule has 2 rings (SSSR count). The Morgan fingerprint density at radius 3 is 2.61 bits per heavy atom. The van der Waals surface area contributed by atoms with Crippen molar-refractivity contribution in [2.24, 2.45) is 0 Å². The topological polar surface area (TPSA) is 33.2 Å². The number of carbonyl (C=O) groups is 1. The zero-order valence-corrected chi connectivity index (χ0v) is 11.5. The number of nitrogens with zero attached hydrogens (tertiary/aromatic N) is 2. The summed E-state index contributed by atoms with van der Waals surface area (Å²) in [5.41, 5.74) is 0.554. The molecular formula is C14H19ClN2O. The molecule has 0 radical (unpaired) electrons. The van der Waals surface area contributed by atoms with E-state index in [0.29, 0.717) is 16.6 Å². The maximum absolute atomic E-state index is 12.4. The Kier molecular flexibility index (Phi) is 4.59. The van der Waals surface area contributed by atoms with Gasteiger partial charge in [-0.25, -0.2) is 0 Å². The number of rotatable bonds is 2. The third kappa shape index (κ3) is 3.02. The van der Waals surface area contributed by atoms with E-state index in [1.807, 2.05) is 11.9 Å². The fourth-order valence-electron chi connectivity index (χ4n) is 2.55. The number of hydrogen-bond donors (Lipinski definition) is 0. The first kappa shape index (κ1) is 13.3. The average Bonchev–Trinajstić information content (AvgIpc) is 2.66. The lowest BCUT2D eigenvalue weighted by Gasteiger charge is -2.27. The molecule has 0 bridgehead atoms. The summed E-state index contributed by atoms with van der Waals surface area (Å²) in [5.74, 6) is 0.00861. The number of hydrogen-bond acceptors (Lipinski definition) is 2. The van der Waals surface area contributed by atoms with Crippen LogP contribution >= 0.6 is 11.6 Å². The summed E-state index contributed by atoms with van der Waals surface area (Å²) < 4.78 is 0. The molecule has 1 saturated carbocycles. The van der Waals surface area contributed by atoms with Gasteiger partial charge in [0.25, 0.3) is 5.91 Å². The summed E-state index contributed by atoms with van der Waals surface area (Å²) in [6, 6.07) is 2.04. The van der Waals surface area contributed by atoms with Crippen molar-refractivity contribution >= 4 is 17.5 Å². The molecule has 0 spiro atoms. The molecule has 98 valence electrons. The number of amides is 1. The Morgan fingerprint density at radius 1 is 1.33 bits per heavy atom. The lowest BCUT2D eigenvalue weighted by molar-refractivity contribution is 0.0718. The zero-order valence-electron chi connectivity index (χ0n) is 10.7. The van der Waals surface area contributed by atoms with Crippen LogP contribution in [-0.2, 0) is 0 Å². The van der Waals surface area contributed by atoms with Crippen LogP contribution in [0.2, 0.25) is 5.02 Å². The summed E-state index contributed by atoms with van der Waals surface area (Å²) in [5, 5.41) is 0.433. The van der Waals surface area contributed by atoms with Crippen LogP contribution in [0.1, 0.15) is 48.9 Å². The van der Waals surface area contributed by atoms with Gasteiger partial charge in [-0.15, -0.1) is 0 Å². The van der Waals surface area contributed by atoms with Crippen molar-refractivity contribution in [2.75, 3.05) is 7.05 Å². The van der Waals surface area contributed by atoms with Crippen LogP contribution in [-0.4, -0.2) is 28.9 Å². The summed E-state index contributed by atoms with van der Waals surface area (Å²) in [7, 11) is 1.88. The van der Waals surface area contributed by atoms with Gasteiger partial charge in [0.05, 0.1) is 10.6 Å². The normalized spacial score (nSPS) is 17.2. The Hall–Kier alpha value is -1.09. The molecule has 1 heterocycles. The molecule has 3 nitrogen and oxygen atoms in total.